The number of aliphatic hydroxyl groups is 1. The molecule has 0 saturated heterocycles. The second-order valence-electron chi connectivity index (χ2n) is 6.27. The number of methoxy groups -OCH3 is 1. The van der Waals surface area contributed by atoms with E-state index in [9.17, 15) is 23.1 Å². The Labute approximate surface area is 212 Å². The van der Waals surface area contributed by atoms with Crippen molar-refractivity contribution in [2.24, 2.45) is 5.73 Å². The molecule has 2 heterocycles. The number of thioether (sulfide) groups is 1. The number of nitrogens with one attached hydrogen (secondary N) is 1. The molecular weight excluding hydrogens is 525 g/mol. The fourth-order valence-electron chi connectivity index (χ4n) is 2.45. The van der Waals surface area contributed by atoms with E-state index < -0.39 is 5.51 Å². The first-order chi connectivity index (χ1) is 16.7. The van der Waals surface area contributed by atoms with Crippen LogP contribution >= 0.6 is 34.4 Å². The van der Waals surface area contributed by atoms with Gasteiger partial charge in [0.25, 0.3) is 0 Å². The monoisotopic (exact) mass is 550 g/mol. The molecule has 2 aromatic heterocycles. The lowest BCUT2D eigenvalue weighted by molar-refractivity contribution is -0.107. The quantitative estimate of drug-likeness (QED) is 0.268. The Kier molecular flexibility index (Phi) is 14.1. The number of rotatable bonds is 9. The van der Waals surface area contributed by atoms with Crippen LogP contribution in [0.2, 0.25) is 0 Å². The molecule has 1 amide bonds. The van der Waals surface area contributed by atoms with Gasteiger partial charge in [-0.2, -0.15) is 13.2 Å². The highest BCUT2D eigenvalue weighted by molar-refractivity contribution is 8.00. The summed E-state index contributed by atoms with van der Waals surface area (Å²) in [7, 11) is 3.52. The molecule has 0 aliphatic carbocycles. The lowest BCUT2D eigenvalue weighted by atomic mass is 10.2. The van der Waals surface area contributed by atoms with Gasteiger partial charge in [-0.3, -0.25) is 4.79 Å². The first kappa shape index (κ1) is 30.5. The molecule has 1 aromatic carbocycles. The van der Waals surface area contributed by atoms with Crippen molar-refractivity contribution in [1.29, 1.82) is 0 Å². The summed E-state index contributed by atoms with van der Waals surface area (Å²) in [4.78, 5) is 28.7. The predicted molar refractivity (Wildman–Crippen MR) is 133 cm³/mol. The number of hydrogen-bond donors (Lipinski definition) is 3. The Balaban J connectivity index is 0.000000323. The second-order valence-corrected chi connectivity index (χ2v) is 9.35. The lowest BCUT2D eigenvalue weighted by Crippen LogP contribution is -1.98. The highest BCUT2D eigenvalue weighted by Gasteiger charge is 2.28. The van der Waals surface area contributed by atoms with Gasteiger partial charge < -0.3 is 25.7 Å². The lowest BCUT2D eigenvalue weighted by Gasteiger charge is -2.05. The summed E-state index contributed by atoms with van der Waals surface area (Å²) >= 11 is 2.88. The van der Waals surface area contributed by atoms with E-state index in [1.807, 2.05) is 12.4 Å². The highest BCUT2D eigenvalue weighted by atomic mass is 32.2. The maximum absolute atomic E-state index is 11.9. The zero-order valence-corrected chi connectivity index (χ0v) is 21.3. The molecule has 14 heteroatoms. The molecule has 0 unspecified atom stereocenters. The number of aldehydes is 1. The maximum atomic E-state index is 11.9. The third kappa shape index (κ3) is 11.6. The standard InChI is InChI=1S/C11H15N3O2S2.C9H7F3OS.CH3NO/c1-12-11-14-8(6-17-11)10-7(3-4-16-2)13-9(5-15)18-10;10-9(11,12)14-8-3-1-7(2-4-8)5-6-13;2-1-3/h6,15H,3-5H2,1-2H3,(H,12,14);1-4,6H,5H2;1H,(H2,2,3). The number of halogens is 3. The molecule has 0 aliphatic rings. The van der Waals surface area contributed by atoms with Gasteiger partial charge in [-0.1, -0.05) is 12.1 Å². The summed E-state index contributed by atoms with van der Waals surface area (Å²) in [6.07, 6.45) is 1.93. The van der Waals surface area contributed by atoms with E-state index in [4.69, 9.17) is 9.53 Å². The molecular formula is C21H25F3N4O4S3. The van der Waals surface area contributed by atoms with Crippen LogP contribution in [0.25, 0.3) is 10.6 Å². The fraction of sp³-hybridized carbons (Fsp3) is 0.333. The van der Waals surface area contributed by atoms with Crippen LogP contribution < -0.4 is 11.1 Å². The first-order valence-electron chi connectivity index (χ1n) is 9.86. The smallest absolute Gasteiger partial charge is 0.389 e. The van der Waals surface area contributed by atoms with E-state index in [0.29, 0.717) is 18.5 Å². The molecule has 0 bridgehead atoms. The van der Waals surface area contributed by atoms with Gasteiger partial charge in [0.2, 0.25) is 6.41 Å². The number of primary amides is 1. The van der Waals surface area contributed by atoms with E-state index in [-0.39, 0.29) is 36.1 Å². The number of nitrogens with zero attached hydrogens (tertiary/aromatic N) is 2. The number of carbonyl (C=O) groups excluding carboxylic acids is 2. The normalized spacial score (nSPS) is 10.5. The van der Waals surface area contributed by atoms with Crippen LogP contribution in [-0.4, -0.2) is 54.0 Å². The molecule has 192 valence electrons. The molecule has 0 radical (unpaired) electrons. The van der Waals surface area contributed by atoms with E-state index in [1.54, 1.807) is 18.4 Å². The van der Waals surface area contributed by atoms with Gasteiger partial charge in [-0.15, -0.1) is 22.7 Å². The number of thiazole rings is 2. The third-order valence-corrected chi connectivity index (χ3v) is 6.55. The number of aliphatic hydroxyl groups excluding tert-OH is 1. The maximum Gasteiger partial charge on any atom is 0.446 e. The molecule has 35 heavy (non-hydrogen) atoms. The number of aromatic nitrogens is 2. The van der Waals surface area contributed by atoms with Gasteiger partial charge in [0.05, 0.1) is 29.5 Å². The summed E-state index contributed by atoms with van der Waals surface area (Å²) in [5.41, 5.74) is 2.48. The van der Waals surface area contributed by atoms with E-state index in [0.717, 1.165) is 32.8 Å². The first-order valence-corrected chi connectivity index (χ1v) is 12.4. The fourth-order valence-corrected chi connectivity index (χ4v) is 4.66. The Morgan fingerprint density at radius 1 is 1.23 bits per heavy atom. The van der Waals surface area contributed by atoms with Gasteiger partial charge >= 0.3 is 5.51 Å². The van der Waals surface area contributed by atoms with Gasteiger partial charge in [0.15, 0.2) is 5.13 Å². The predicted octanol–water partition coefficient (Wildman–Crippen LogP) is 4.13. The number of anilines is 1. The van der Waals surface area contributed by atoms with Crippen molar-refractivity contribution in [2.45, 2.75) is 29.9 Å². The van der Waals surface area contributed by atoms with E-state index >= 15 is 0 Å². The molecule has 0 aliphatic heterocycles. The number of hydrogen-bond acceptors (Lipinski definition) is 10. The topological polar surface area (TPSA) is 127 Å². The average Bonchev–Trinajstić information content (AvgIpc) is 3.46. The van der Waals surface area contributed by atoms with Gasteiger partial charge in [-0.25, -0.2) is 9.97 Å². The third-order valence-electron chi connectivity index (χ3n) is 3.85. The molecule has 0 fully saturated rings. The summed E-state index contributed by atoms with van der Waals surface area (Å²) < 4.78 is 40.8. The summed E-state index contributed by atoms with van der Waals surface area (Å²) in [6.45, 7) is 0.582. The Morgan fingerprint density at radius 3 is 2.37 bits per heavy atom. The van der Waals surface area contributed by atoms with Crippen LogP contribution in [0.4, 0.5) is 18.3 Å². The van der Waals surface area contributed by atoms with Crippen LogP contribution in [0.3, 0.4) is 0 Å². The SMILES string of the molecule is CNc1nc(-c2sc(CO)nc2CCOC)cs1.NC=O.O=CCc1ccc(SC(F)(F)F)cc1. The summed E-state index contributed by atoms with van der Waals surface area (Å²) in [5, 5.41) is 15.8. The van der Waals surface area contributed by atoms with Crippen LogP contribution in [0.5, 0.6) is 0 Å². The zero-order chi connectivity index (χ0) is 26.3. The number of nitrogens with two attached hydrogens (primary N) is 1. The molecule has 0 atom stereocenters. The van der Waals surface area contributed by atoms with Gasteiger partial charge in [0.1, 0.15) is 11.3 Å². The molecule has 3 rings (SSSR count). The van der Waals surface area contributed by atoms with E-state index in [1.165, 1.54) is 35.6 Å². The van der Waals surface area contributed by atoms with Crippen molar-refractivity contribution >= 4 is 52.3 Å². The minimum absolute atomic E-state index is 0.0341. The number of alkyl halides is 3. The summed E-state index contributed by atoms with van der Waals surface area (Å²) in [6, 6.07) is 5.75. The molecule has 0 spiro atoms. The molecule has 0 saturated carbocycles. The van der Waals surface area contributed by atoms with Crippen LogP contribution in [0, 0.1) is 0 Å². The highest BCUT2D eigenvalue weighted by Crippen LogP contribution is 2.36. The minimum Gasteiger partial charge on any atom is -0.389 e. The number of carbonyl (C=O) groups is 2. The number of ether oxygens (including phenoxy) is 1. The van der Waals surface area contributed by atoms with E-state index in [2.05, 4.69) is 21.0 Å². The Morgan fingerprint density at radius 2 is 1.89 bits per heavy atom. The summed E-state index contributed by atoms with van der Waals surface area (Å²) in [5.74, 6) is 0. The molecule has 8 nitrogen and oxygen atoms in total. The Hall–Kier alpha value is -2.52. The molecule has 3 aromatic rings. The van der Waals surface area contributed by atoms with Crippen molar-refractivity contribution in [3.8, 4) is 10.6 Å². The Bertz CT molecular complexity index is 1030. The van der Waals surface area contributed by atoms with Gasteiger partial charge in [-0.05, 0) is 29.5 Å². The largest absolute Gasteiger partial charge is 0.446 e. The number of amides is 1. The van der Waals surface area contributed by atoms with Crippen molar-refractivity contribution < 1.29 is 32.6 Å². The zero-order valence-electron chi connectivity index (χ0n) is 18.9. The number of benzene rings is 1. The van der Waals surface area contributed by atoms with Crippen LogP contribution in [-0.2, 0) is 33.8 Å². The minimum atomic E-state index is -4.26. The average molecular weight is 551 g/mol. The van der Waals surface area contributed by atoms with Crippen molar-refractivity contribution in [2.75, 3.05) is 26.1 Å². The van der Waals surface area contributed by atoms with Crippen molar-refractivity contribution in [3.63, 3.8) is 0 Å². The van der Waals surface area contributed by atoms with Crippen LogP contribution in [0.1, 0.15) is 16.3 Å². The van der Waals surface area contributed by atoms with Crippen LogP contribution in [0.15, 0.2) is 34.5 Å². The second kappa shape index (κ2) is 16.2. The van der Waals surface area contributed by atoms with Gasteiger partial charge in [0, 0.05) is 37.3 Å². The van der Waals surface area contributed by atoms with Crippen molar-refractivity contribution in [3.05, 3.63) is 45.9 Å². The van der Waals surface area contributed by atoms with Crippen molar-refractivity contribution in [1.82, 2.24) is 9.97 Å². The molecule has 4 N–H and O–H groups in total.